The van der Waals surface area contributed by atoms with Gasteiger partial charge in [0.15, 0.2) is 6.61 Å². The van der Waals surface area contributed by atoms with E-state index in [1.165, 1.54) is 5.56 Å². The molecule has 4 nitrogen and oxygen atoms in total. The van der Waals surface area contributed by atoms with E-state index in [0.29, 0.717) is 11.3 Å². The van der Waals surface area contributed by atoms with Crippen molar-refractivity contribution in [1.82, 2.24) is 5.32 Å². The molecular formula is C21H24N2O2. The fraction of sp³-hybridized carbons (Fsp3) is 0.333. The smallest absolute Gasteiger partial charge is 0.258 e. The number of carbonyl (C=O) groups excluding carboxylic acids is 1. The van der Waals surface area contributed by atoms with E-state index in [1.54, 1.807) is 24.3 Å². The number of aryl methyl sites for hydroxylation is 1. The number of nitriles is 1. The van der Waals surface area contributed by atoms with Crippen LogP contribution in [-0.2, 0) is 11.2 Å². The average Bonchev–Trinajstić information content (AvgIpc) is 2.64. The van der Waals surface area contributed by atoms with Crippen molar-refractivity contribution in [2.24, 2.45) is 5.92 Å². The highest BCUT2D eigenvalue weighted by Crippen LogP contribution is 2.22. The Bertz CT molecular complexity index is 745. The van der Waals surface area contributed by atoms with E-state index in [2.05, 4.69) is 56.4 Å². The summed E-state index contributed by atoms with van der Waals surface area (Å²) in [7, 11) is 0. The van der Waals surface area contributed by atoms with E-state index in [-0.39, 0.29) is 24.5 Å². The number of carbonyl (C=O) groups is 1. The summed E-state index contributed by atoms with van der Waals surface area (Å²) in [5.74, 6) is 0.474. The standard InChI is InChI=1S/C21H24N2O2/c1-4-16-9-11-17(12-10-16)21(15(2)3)23-20(24)14-25-19-8-6-5-7-18(19)13-22/h5-12,15,21H,4,14H2,1-3H3,(H,23,24)/t21-/m0/s1. The molecule has 0 aliphatic carbocycles. The fourth-order valence-corrected chi connectivity index (χ4v) is 2.64. The summed E-state index contributed by atoms with van der Waals surface area (Å²) in [4.78, 5) is 12.3. The molecule has 2 rings (SSSR count). The van der Waals surface area contributed by atoms with Crippen LogP contribution < -0.4 is 10.1 Å². The normalized spacial score (nSPS) is 11.6. The van der Waals surface area contributed by atoms with Crippen LogP contribution in [0.4, 0.5) is 0 Å². The fourth-order valence-electron chi connectivity index (χ4n) is 2.64. The van der Waals surface area contributed by atoms with Gasteiger partial charge in [-0.25, -0.2) is 0 Å². The molecule has 2 aromatic carbocycles. The highest BCUT2D eigenvalue weighted by atomic mass is 16.5. The SMILES string of the molecule is CCc1ccc([C@@H](NC(=O)COc2ccccc2C#N)C(C)C)cc1. The van der Waals surface area contributed by atoms with Gasteiger partial charge in [0, 0.05) is 0 Å². The van der Waals surface area contributed by atoms with Crippen LogP contribution in [-0.4, -0.2) is 12.5 Å². The third kappa shape index (κ3) is 5.09. The Hall–Kier alpha value is -2.80. The topological polar surface area (TPSA) is 62.1 Å². The number of rotatable bonds is 7. The van der Waals surface area contributed by atoms with Crippen LogP contribution >= 0.6 is 0 Å². The van der Waals surface area contributed by atoms with E-state index in [4.69, 9.17) is 10.00 Å². The van der Waals surface area contributed by atoms with E-state index < -0.39 is 0 Å². The Morgan fingerprint density at radius 1 is 1.16 bits per heavy atom. The molecular weight excluding hydrogens is 312 g/mol. The number of para-hydroxylation sites is 1. The molecule has 0 bridgehead atoms. The number of nitrogens with one attached hydrogen (secondary N) is 1. The number of ether oxygens (including phenoxy) is 1. The largest absolute Gasteiger partial charge is 0.482 e. The molecule has 0 aliphatic heterocycles. The monoisotopic (exact) mass is 336 g/mol. The van der Waals surface area contributed by atoms with Gasteiger partial charge in [0.25, 0.3) is 5.91 Å². The average molecular weight is 336 g/mol. The first-order valence-corrected chi connectivity index (χ1v) is 8.55. The van der Waals surface area contributed by atoms with Crippen LogP contribution in [0, 0.1) is 17.2 Å². The van der Waals surface area contributed by atoms with Crippen LogP contribution in [0.25, 0.3) is 0 Å². The van der Waals surface area contributed by atoms with Gasteiger partial charge in [-0.1, -0.05) is 57.2 Å². The van der Waals surface area contributed by atoms with Crippen molar-refractivity contribution >= 4 is 5.91 Å². The zero-order valence-electron chi connectivity index (χ0n) is 15.0. The summed E-state index contributed by atoms with van der Waals surface area (Å²) >= 11 is 0. The maximum Gasteiger partial charge on any atom is 0.258 e. The van der Waals surface area contributed by atoms with Crippen molar-refractivity contribution in [2.45, 2.75) is 33.2 Å². The Morgan fingerprint density at radius 2 is 1.84 bits per heavy atom. The number of benzene rings is 2. The predicted molar refractivity (Wildman–Crippen MR) is 98.2 cm³/mol. The maximum atomic E-state index is 12.3. The summed E-state index contributed by atoms with van der Waals surface area (Å²) in [6.07, 6.45) is 0.991. The van der Waals surface area contributed by atoms with Gasteiger partial charge in [-0.05, 0) is 35.6 Å². The molecule has 4 heteroatoms. The van der Waals surface area contributed by atoms with Crippen LogP contribution in [0.3, 0.4) is 0 Å². The number of nitrogens with zero attached hydrogens (tertiary/aromatic N) is 1. The lowest BCUT2D eigenvalue weighted by Gasteiger charge is -2.23. The molecule has 0 aliphatic rings. The van der Waals surface area contributed by atoms with Crippen molar-refractivity contribution < 1.29 is 9.53 Å². The summed E-state index contributed by atoms with van der Waals surface area (Å²) in [6, 6.07) is 17.2. The first-order chi connectivity index (χ1) is 12.0. The van der Waals surface area contributed by atoms with Crippen molar-refractivity contribution in [3.8, 4) is 11.8 Å². The highest BCUT2D eigenvalue weighted by Gasteiger charge is 2.18. The van der Waals surface area contributed by atoms with E-state index in [1.807, 2.05) is 0 Å². The molecule has 0 radical (unpaired) electrons. The summed E-state index contributed by atoms with van der Waals surface area (Å²) < 4.78 is 5.51. The van der Waals surface area contributed by atoms with Crippen molar-refractivity contribution in [2.75, 3.05) is 6.61 Å². The van der Waals surface area contributed by atoms with Gasteiger partial charge in [-0.2, -0.15) is 5.26 Å². The first-order valence-electron chi connectivity index (χ1n) is 8.55. The molecule has 0 heterocycles. The lowest BCUT2D eigenvalue weighted by Crippen LogP contribution is -2.35. The lowest BCUT2D eigenvalue weighted by molar-refractivity contribution is -0.124. The second-order valence-electron chi connectivity index (χ2n) is 6.28. The third-order valence-electron chi connectivity index (χ3n) is 4.10. The summed E-state index contributed by atoms with van der Waals surface area (Å²) in [5.41, 5.74) is 2.78. The molecule has 0 saturated heterocycles. The number of hydrogen-bond acceptors (Lipinski definition) is 3. The molecule has 0 unspecified atom stereocenters. The van der Waals surface area contributed by atoms with Gasteiger partial charge in [0.05, 0.1) is 11.6 Å². The number of amides is 1. The van der Waals surface area contributed by atoms with Crippen LogP contribution in [0.2, 0.25) is 0 Å². The van der Waals surface area contributed by atoms with Gasteiger partial charge in [0.1, 0.15) is 11.8 Å². The Labute approximate surface area is 149 Å². The Kier molecular flexibility index (Phi) is 6.59. The molecule has 1 atom stereocenters. The van der Waals surface area contributed by atoms with Crippen molar-refractivity contribution in [1.29, 1.82) is 5.26 Å². The second kappa shape index (κ2) is 8.89. The van der Waals surface area contributed by atoms with Crippen LogP contribution in [0.5, 0.6) is 5.75 Å². The molecule has 25 heavy (non-hydrogen) atoms. The molecule has 0 fully saturated rings. The Morgan fingerprint density at radius 3 is 2.44 bits per heavy atom. The van der Waals surface area contributed by atoms with Crippen molar-refractivity contribution in [3.63, 3.8) is 0 Å². The molecule has 1 N–H and O–H groups in total. The highest BCUT2D eigenvalue weighted by molar-refractivity contribution is 5.78. The van der Waals surface area contributed by atoms with Gasteiger partial charge in [-0.15, -0.1) is 0 Å². The van der Waals surface area contributed by atoms with Gasteiger partial charge >= 0.3 is 0 Å². The minimum atomic E-state index is -0.203. The van der Waals surface area contributed by atoms with Gasteiger partial charge in [0.2, 0.25) is 0 Å². The zero-order valence-corrected chi connectivity index (χ0v) is 15.0. The summed E-state index contributed by atoms with van der Waals surface area (Å²) in [5, 5.41) is 12.1. The quantitative estimate of drug-likeness (QED) is 0.831. The minimum Gasteiger partial charge on any atom is -0.482 e. The maximum absolute atomic E-state index is 12.3. The molecule has 1 amide bonds. The van der Waals surface area contributed by atoms with E-state index >= 15 is 0 Å². The molecule has 0 saturated carbocycles. The number of hydrogen-bond donors (Lipinski definition) is 1. The summed E-state index contributed by atoms with van der Waals surface area (Å²) in [6.45, 7) is 6.15. The molecule has 130 valence electrons. The zero-order chi connectivity index (χ0) is 18.2. The van der Waals surface area contributed by atoms with Crippen LogP contribution in [0.1, 0.15) is 43.5 Å². The van der Waals surface area contributed by atoms with E-state index in [9.17, 15) is 4.79 Å². The first kappa shape index (κ1) is 18.5. The molecule has 0 spiro atoms. The Balaban J connectivity index is 2.01. The van der Waals surface area contributed by atoms with Gasteiger partial charge in [-0.3, -0.25) is 4.79 Å². The predicted octanol–water partition coefficient (Wildman–Crippen LogP) is 4.01. The lowest BCUT2D eigenvalue weighted by atomic mass is 9.95. The molecule has 0 aromatic heterocycles. The molecule has 2 aromatic rings. The third-order valence-corrected chi connectivity index (χ3v) is 4.10. The minimum absolute atomic E-state index is 0.0757. The van der Waals surface area contributed by atoms with E-state index in [0.717, 1.165) is 12.0 Å². The van der Waals surface area contributed by atoms with Gasteiger partial charge < -0.3 is 10.1 Å². The second-order valence-corrected chi connectivity index (χ2v) is 6.28. The van der Waals surface area contributed by atoms with Crippen molar-refractivity contribution in [3.05, 3.63) is 65.2 Å². The van der Waals surface area contributed by atoms with Crippen LogP contribution in [0.15, 0.2) is 48.5 Å².